The van der Waals surface area contributed by atoms with Gasteiger partial charge in [0.2, 0.25) is 0 Å². The Morgan fingerprint density at radius 3 is 2.48 bits per heavy atom. The third-order valence-electron chi connectivity index (χ3n) is 4.71. The molecule has 0 atom stereocenters. The molecule has 1 amide bonds. The standard InChI is InChI=1S/C16H24N4O/c1-18-9-11-19(12-10-18)15-4-7-20(8-5-15)16(21)14-3-2-6-17-13-14/h2-3,6,13,15H,4-5,7-12H2,1H3. The summed E-state index contributed by atoms with van der Waals surface area (Å²) in [5, 5.41) is 0. The molecule has 0 aromatic carbocycles. The van der Waals surface area contributed by atoms with Crippen molar-refractivity contribution in [3.05, 3.63) is 30.1 Å². The van der Waals surface area contributed by atoms with E-state index in [1.165, 1.54) is 0 Å². The number of hydrogen-bond donors (Lipinski definition) is 0. The van der Waals surface area contributed by atoms with E-state index in [9.17, 15) is 4.79 Å². The highest BCUT2D eigenvalue weighted by Gasteiger charge is 2.28. The van der Waals surface area contributed by atoms with Crippen molar-refractivity contribution in [2.45, 2.75) is 18.9 Å². The fraction of sp³-hybridized carbons (Fsp3) is 0.625. The summed E-state index contributed by atoms with van der Waals surface area (Å²) in [6.45, 7) is 6.38. The van der Waals surface area contributed by atoms with E-state index in [1.54, 1.807) is 12.4 Å². The molecule has 0 unspecified atom stereocenters. The molecule has 2 fully saturated rings. The second kappa shape index (κ2) is 6.54. The van der Waals surface area contributed by atoms with Crippen LogP contribution in [0.5, 0.6) is 0 Å². The van der Waals surface area contributed by atoms with Crippen molar-refractivity contribution in [1.82, 2.24) is 19.7 Å². The number of carbonyl (C=O) groups is 1. The number of rotatable bonds is 2. The van der Waals surface area contributed by atoms with E-state index < -0.39 is 0 Å². The first-order valence-corrected chi connectivity index (χ1v) is 7.86. The molecule has 5 heteroatoms. The van der Waals surface area contributed by atoms with Gasteiger partial charge in [-0.2, -0.15) is 0 Å². The maximum atomic E-state index is 12.4. The van der Waals surface area contributed by atoms with E-state index in [-0.39, 0.29) is 5.91 Å². The predicted molar refractivity (Wildman–Crippen MR) is 82.2 cm³/mol. The Balaban J connectivity index is 1.52. The number of likely N-dealkylation sites (tertiary alicyclic amines) is 1. The van der Waals surface area contributed by atoms with Crippen molar-refractivity contribution < 1.29 is 4.79 Å². The molecule has 0 aliphatic carbocycles. The van der Waals surface area contributed by atoms with Crippen molar-refractivity contribution in [2.24, 2.45) is 0 Å². The van der Waals surface area contributed by atoms with E-state index in [2.05, 4.69) is 21.8 Å². The molecule has 0 bridgehead atoms. The van der Waals surface area contributed by atoms with Crippen LogP contribution in [0, 0.1) is 0 Å². The first-order valence-electron chi connectivity index (χ1n) is 7.86. The number of piperazine rings is 1. The Hall–Kier alpha value is -1.46. The predicted octanol–water partition coefficient (Wildman–Crippen LogP) is 0.934. The molecule has 1 aromatic heterocycles. The number of aromatic nitrogens is 1. The summed E-state index contributed by atoms with van der Waals surface area (Å²) in [6, 6.07) is 4.32. The van der Waals surface area contributed by atoms with Crippen LogP contribution in [-0.2, 0) is 0 Å². The zero-order valence-corrected chi connectivity index (χ0v) is 12.7. The Morgan fingerprint density at radius 1 is 1.14 bits per heavy atom. The van der Waals surface area contributed by atoms with Crippen molar-refractivity contribution in [1.29, 1.82) is 0 Å². The fourth-order valence-corrected chi connectivity index (χ4v) is 3.29. The van der Waals surface area contributed by atoms with Gasteiger partial charge in [0.1, 0.15) is 0 Å². The van der Waals surface area contributed by atoms with Crippen LogP contribution in [0.1, 0.15) is 23.2 Å². The molecule has 2 aliphatic heterocycles. The van der Waals surface area contributed by atoms with Gasteiger partial charge in [-0.15, -0.1) is 0 Å². The van der Waals surface area contributed by atoms with Crippen LogP contribution in [0.25, 0.3) is 0 Å². The minimum absolute atomic E-state index is 0.125. The highest BCUT2D eigenvalue weighted by atomic mass is 16.2. The van der Waals surface area contributed by atoms with Crippen molar-refractivity contribution in [2.75, 3.05) is 46.3 Å². The van der Waals surface area contributed by atoms with Crippen LogP contribution in [0.15, 0.2) is 24.5 Å². The normalized spacial score (nSPS) is 22.4. The molecule has 0 spiro atoms. The molecular formula is C16H24N4O. The number of hydrogen-bond acceptors (Lipinski definition) is 4. The lowest BCUT2D eigenvalue weighted by molar-refractivity contribution is 0.0518. The smallest absolute Gasteiger partial charge is 0.255 e. The summed E-state index contributed by atoms with van der Waals surface area (Å²) in [5.74, 6) is 0.125. The lowest BCUT2D eigenvalue weighted by Crippen LogP contribution is -2.52. The van der Waals surface area contributed by atoms with Gasteiger partial charge in [-0.25, -0.2) is 0 Å². The molecule has 0 saturated carbocycles. The van der Waals surface area contributed by atoms with E-state index in [1.807, 2.05) is 17.0 Å². The largest absolute Gasteiger partial charge is 0.338 e. The molecule has 2 saturated heterocycles. The lowest BCUT2D eigenvalue weighted by atomic mass is 10.0. The number of carbonyl (C=O) groups excluding carboxylic acids is 1. The minimum Gasteiger partial charge on any atom is -0.338 e. The van der Waals surface area contributed by atoms with Gasteiger partial charge < -0.3 is 9.80 Å². The van der Waals surface area contributed by atoms with Crippen LogP contribution in [-0.4, -0.2) is 77.9 Å². The molecule has 0 N–H and O–H groups in total. The van der Waals surface area contributed by atoms with Gasteiger partial charge in [-0.3, -0.25) is 14.7 Å². The summed E-state index contributed by atoms with van der Waals surface area (Å²) in [5.41, 5.74) is 0.704. The van der Waals surface area contributed by atoms with Gasteiger partial charge in [-0.05, 0) is 32.0 Å². The van der Waals surface area contributed by atoms with Gasteiger partial charge in [0.15, 0.2) is 0 Å². The van der Waals surface area contributed by atoms with Gasteiger partial charge in [-0.1, -0.05) is 0 Å². The average molecular weight is 288 g/mol. The molecular weight excluding hydrogens is 264 g/mol. The summed E-state index contributed by atoms with van der Waals surface area (Å²) < 4.78 is 0. The van der Waals surface area contributed by atoms with Crippen LogP contribution in [0.3, 0.4) is 0 Å². The quantitative estimate of drug-likeness (QED) is 0.812. The number of piperidine rings is 1. The van der Waals surface area contributed by atoms with Gasteiger partial charge >= 0.3 is 0 Å². The maximum Gasteiger partial charge on any atom is 0.255 e. The van der Waals surface area contributed by atoms with Crippen LogP contribution in [0.4, 0.5) is 0 Å². The van der Waals surface area contributed by atoms with Crippen LogP contribution >= 0.6 is 0 Å². The van der Waals surface area contributed by atoms with Gasteiger partial charge in [0, 0.05) is 57.7 Å². The van der Waals surface area contributed by atoms with E-state index >= 15 is 0 Å². The van der Waals surface area contributed by atoms with Crippen molar-refractivity contribution >= 4 is 5.91 Å². The molecule has 114 valence electrons. The topological polar surface area (TPSA) is 39.7 Å². The number of pyridine rings is 1. The Labute approximate surface area is 126 Å². The Morgan fingerprint density at radius 2 is 1.86 bits per heavy atom. The molecule has 2 aliphatic rings. The highest BCUT2D eigenvalue weighted by Crippen LogP contribution is 2.19. The number of amides is 1. The lowest BCUT2D eigenvalue weighted by Gasteiger charge is -2.42. The minimum atomic E-state index is 0.125. The van der Waals surface area contributed by atoms with Gasteiger partial charge in [0.25, 0.3) is 5.91 Å². The fourth-order valence-electron chi connectivity index (χ4n) is 3.29. The number of likely N-dealkylation sites (N-methyl/N-ethyl adjacent to an activating group) is 1. The first kappa shape index (κ1) is 14.5. The van der Waals surface area contributed by atoms with E-state index in [4.69, 9.17) is 0 Å². The Bertz CT molecular complexity index is 462. The Kier molecular flexibility index (Phi) is 4.51. The second-order valence-corrected chi connectivity index (χ2v) is 6.10. The molecule has 3 rings (SSSR count). The van der Waals surface area contributed by atoms with Gasteiger partial charge in [0.05, 0.1) is 5.56 Å². The molecule has 21 heavy (non-hydrogen) atoms. The van der Waals surface area contributed by atoms with Crippen LogP contribution in [0.2, 0.25) is 0 Å². The zero-order valence-electron chi connectivity index (χ0n) is 12.7. The summed E-state index contributed by atoms with van der Waals surface area (Å²) in [7, 11) is 2.19. The SMILES string of the molecule is CN1CCN(C2CCN(C(=O)c3cccnc3)CC2)CC1. The molecule has 3 heterocycles. The molecule has 5 nitrogen and oxygen atoms in total. The van der Waals surface area contributed by atoms with E-state index in [0.29, 0.717) is 11.6 Å². The monoisotopic (exact) mass is 288 g/mol. The van der Waals surface area contributed by atoms with E-state index in [0.717, 1.165) is 52.1 Å². The first-order chi connectivity index (χ1) is 10.2. The summed E-state index contributed by atoms with van der Waals surface area (Å²) in [6.07, 6.45) is 5.55. The maximum absolute atomic E-state index is 12.4. The molecule has 0 radical (unpaired) electrons. The third kappa shape index (κ3) is 3.41. The van der Waals surface area contributed by atoms with Crippen molar-refractivity contribution in [3.8, 4) is 0 Å². The average Bonchev–Trinajstić information content (AvgIpc) is 2.56. The van der Waals surface area contributed by atoms with Crippen molar-refractivity contribution in [3.63, 3.8) is 0 Å². The second-order valence-electron chi connectivity index (χ2n) is 6.10. The summed E-state index contributed by atoms with van der Waals surface area (Å²) >= 11 is 0. The number of nitrogens with zero attached hydrogens (tertiary/aromatic N) is 4. The van der Waals surface area contributed by atoms with Crippen LogP contribution < -0.4 is 0 Å². The summed E-state index contributed by atoms with van der Waals surface area (Å²) in [4.78, 5) is 23.4. The third-order valence-corrected chi connectivity index (χ3v) is 4.71. The highest BCUT2D eigenvalue weighted by molar-refractivity contribution is 5.93. The molecule has 1 aromatic rings. The zero-order chi connectivity index (χ0) is 14.7.